The Balaban J connectivity index is 2.14. The Morgan fingerprint density at radius 3 is 2.84 bits per heavy atom. The van der Waals surface area contributed by atoms with E-state index in [0.717, 1.165) is 0 Å². The van der Waals surface area contributed by atoms with E-state index in [1.165, 1.54) is 17.3 Å². The topological polar surface area (TPSA) is 54.8 Å². The highest BCUT2D eigenvalue weighted by atomic mass is 35.5. The maximum atomic E-state index is 12.6. The van der Waals surface area contributed by atoms with Crippen molar-refractivity contribution in [3.05, 3.63) is 29.0 Å². The molecule has 2 rings (SSSR count). The summed E-state index contributed by atoms with van der Waals surface area (Å²) >= 11 is 5.78. The van der Waals surface area contributed by atoms with Gasteiger partial charge in [0.1, 0.15) is 0 Å². The zero-order chi connectivity index (χ0) is 13.8. The smallest absolute Gasteiger partial charge is 0.435 e. The number of rotatable bonds is 4. The van der Waals surface area contributed by atoms with Crippen LogP contribution in [0.25, 0.3) is 0 Å². The van der Waals surface area contributed by atoms with E-state index in [-0.39, 0.29) is 19.0 Å². The van der Waals surface area contributed by atoms with Crippen LogP contribution in [0.3, 0.4) is 0 Å². The number of amidine groups is 1. The number of carbonyl (C=O) groups is 1. The summed E-state index contributed by atoms with van der Waals surface area (Å²) in [6.45, 7) is -0.505. The first-order valence-corrected chi connectivity index (χ1v) is 5.79. The molecular formula is C11H10ClF2N3O2. The number of cyclic esters (lactones) is 1. The Morgan fingerprint density at radius 2 is 2.26 bits per heavy atom. The van der Waals surface area contributed by atoms with Crippen LogP contribution in [0.1, 0.15) is 5.56 Å². The Kier molecular flexibility index (Phi) is 4.26. The van der Waals surface area contributed by atoms with Crippen molar-refractivity contribution in [2.75, 3.05) is 13.2 Å². The van der Waals surface area contributed by atoms with Gasteiger partial charge in [-0.1, -0.05) is 11.6 Å². The van der Waals surface area contributed by atoms with E-state index in [2.05, 4.69) is 14.7 Å². The predicted octanol–water partition coefficient (Wildman–Crippen LogP) is 2.35. The highest BCUT2D eigenvalue weighted by Crippen LogP contribution is 2.14. The lowest BCUT2D eigenvalue weighted by Gasteiger charge is -2.22. The number of amides is 1. The minimum Gasteiger partial charge on any atom is -0.440 e. The monoisotopic (exact) mass is 289 g/mol. The molecule has 19 heavy (non-hydrogen) atoms. The SMILES string of the molecule is O=C1N=C(N(Cc2cncc(Cl)c2)CC(F)F)CO1. The van der Waals surface area contributed by atoms with Crippen molar-refractivity contribution >= 4 is 23.5 Å². The van der Waals surface area contributed by atoms with Crippen molar-refractivity contribution in [1.82, 2.24) is 9.88 Å². The van der Waals surface area contributed by atoms with Crippen molar-refractivity contribution in [2.45, 2.75) is 13.0 Å². The van der Waals surface area contributed by atoms with Crippen LogP contribution < -0.4 is 0 Å². The fourth-order valence-electron chi connectivity index (χ4n) is 1.65. The Morgan fingerprint density at radius 1 is 1.47 bits per heavy atom. The van der Waals surface area contributed by atoms with Gasteiger partial charge in [0.15, 0.2) is 12.4 Å². The molecule has 0 radical (unpaired) electrons. The van der Waals surface area contributed by atoms with Gasteiger partial charge in [-0.25, -0.2) is 13.6 Å². The number of hydrogen-bond donors (Lipinski definition) is 0. The summed E-state index contributed by atoms with van der Waals surface area (Å²) in [5.41, 5.74) is 0.648. The van der Waals surface area contributed by atoms with Crippen LogP contribution in [0.2, 0.25) is 5.02 Å². The Bertz CT molecular complexity index is 510. The van der Waals surface area contributed by atoms with Gasteiger partial charge < -0.3 is 9.64 Å². The van der Waals surface area contributed by atoms with Crippen LogP contribution in [-0.4, -0.2) is 41.4 Å². The van der Waals surface area contributed by atoms with E-state index in [0.29, 0.717) is 10.6 Å². The van der Waals surface area contributed by atoms with Crippen LogP contribution in [0.5, 0.6) is 0 Å². The number of nitrogens with zero attached hydrogens (tertiary/aromatic N) is 3. The van der Waals surface area contributed by atoms with E-state index in [1.807, 2.05) is 0 Å². The number of ether oxygens (including phenoxy) is 1. The summed E-state index contributed by atoms with van der Waals surface area (Å²) in [6.07, 6.45) is -0.353. The third kappa shape index (κ3) is 3.85. The molecule has 0 spiro atoms. The average Bonchev–Trinajstić information content (AvgIpc) is 2.74. The van der Waals surface area contributed by atoms with Crippen molar-refractivity contribution in [1.29, 1.82) is 0 Å². The molecule has 1 aliphatic rings. The molecule has 0 bridgehead atoms. The van der Waals surface area contributed by atoms with E-state index in [4.69, 9.17) is 11.6 Å². The van der Waals surface area contributed by atoms with Crippen LogP contribution in [0, 0.1) is 0 Å². The summed E-state index contributed by atoms with van der Waals surface area (Å²) in [5.74, 6) is 0.185. The molecule has 0 unspecified atom stereocenters. The highest BCUT2D eigenvalue weighted by Gasteiger charge is 2.23. The van der Waals surface area contributed by atoms with Gasteiger partial charge in [0.05, 0.1) is 11.6 Å². The van der Waals surface area contributed by atoms with Crippen molar-refractivity contribution < 1.29 is 18.3 Å². The predicted molar refractivity (Wildman–Crippen MR) is 64.4 cm³/mol. The highest BCUT2D eigenvalue weighted by molar-refractivity contribution is 6.30. The van der Waals surface area contributed by atoms with Crippen LogP contribution in [-0.2, 0) is 11.3 Å². The first kappa shape index (κ1) is 13.7. The zero-order valence-electron chi connectivity index (χ0n) is 9.72. The Labute approximate surface area is 112 Å². The number of pyridine rings is 1. The number of alkyl halides is 2. The third-order valence-corrected chi connectivity index (χ3v) is 2.61. The largest absolute Gasteiger partial charge is 0.440 e. The molecule has 0 saturated carbocycles. The fourth-order valence-corrected chi connectivity index (χ4v) is 1.85. The molecule has 0 saturated heterocycles. The van der Waals surface area contributed by atoms with Gasteiger partial charge >= 0.3 is 6.09 Å². The van der Waals surface area contributed by atoms with Gasteiger partial charge in [-0.3, -0.25) is 4.98 Å². The van der Waals surface area contributed by atoms with Crippen molar-refractivity contribution in [3.8, 4) is 0 Å². The molecule has 0 fully saturated rings. The number of aliphatic imine (C=N–C) groups is 1. The molecule has 5 nitrogen and oxygen atoms in total. The summed E-state index contributed by atoms with van der Waals surface area (Å²) in [7, 11) is 0. The molecule has 1 aromatic rings. The maximum Gasteiger partial charge on any atom is 0.435 e. The van der Waals surface area contributed by atoms with Gasteiger partial charge in [0.2, 0.25) is 0 Å². The second kappa shape index (κ2) is 5.92. The molecular weight excluding hydrogens is 280 g/mol. The van der Waals surface area contributed by atoms with Gasteiger partial charge in [-0.2, -0.15) is 4.99 Å². The molecule has 102 valence electrons. The molecule has 0 atom stereocenters. The summed E-state index contributed by atoms with van der Waals surface area (Å²) in [6, 6.07) is 1.62. The minimum atomic E-state index is -2.55. The first-order valence-electron chi connectivity index (χ1n) is 5.41. The number of aromatic nitrogens is 1. The second-order valence-corrected chi connectivity index (χ2v) is 4.30. The van der Waals surface area contributed by atoms with Crippen LogP contribution >= 0.6 is 11.6 Å². The third-order valence-electron chi connectivity index (χ3n) is 2.40. The summed E-state index contributed by atoms with van der Waals surface area (Å²) < 4.78 is 29.7. The Hall–Kier alpha value is -1.76. The lowest BCUT2D eigenvalue weighted by Crippen LogP contribution is -2.35. The number of hydrogen-bond acceptors (Lipinski definition) is 4. The van der Waals surface area contributed by atoms with E-state index >= 15 is 0 Å². The van der Waals surface area contributed by atoms with Gasteiger partial charge in [-0.05, 0) is 11.6 Å². The van der Waals surface area contributed by atoms with Crippen molar-refractivity contribution in [2.24, 2.45) is 4.99 Å². The van der Waals surface area contributed by atoms with E-state index in [1.54, 1.807) is 6.07 Å². The zero-order valence-corrected chi connectivity index (χ0v) is 10.5. The molecule has 1 amide bonds. The summed E-state index contributed by atoms with van der Waals surface area (Å²) in [4.78, 5) is 19.6. The van der Waals surface area contributed by atoms with Gasteiger partial charge in [0.25, 0.3) is 6.43 Å². The summed E-state index contributed by atoms with van der Waals surface area (Å²) in [5, 5.41) is 0.412. The lowest BCUT2D eigenvalue weighted by molar-refractivity contribution is 0.112. The number of carbonyl (C=O) groups excluding carboxylic acids is 1. The molecule has 1 aromatic heterocycles. The quantitative estimate of drug-likeness (QED) is 0.854. The standard InChI is InChI=1S/C11H10ClF2N3O2/c12-8-1-7(2-15-3-8)4-17(5-9(13)14)10-6-19-11(18)16-10/h1-3,9H,4-6H2. The first-order chi connectivity index (χ1) is 9.04. The molecule has 8 heteroatoms. The second-order valence-electron chi connectivity index (χ2n) is 3.87. The molecule has 0 aromatic carbocycles. The van der Waals surface area contributed by atoms with Gasteiger partial charge in [0, 0.05) is 18.9 Å². The van der Waals surface area contributed by atoms with Crippen LogP contribution in [0.15, 0.2) is 23.5 Å². The van der Waals surface area contributed by atoms with Crippen molar-refractivity contribution in [3.63, 3.8) is 0 Å². The number of halogens is 3. The maximum absolute atomic E-state index is 12.6. The molecule has 0 aliphatic carbocycles. The lowest BCUT2D eigenvalue weighted by atomic mass is 10.2. The average molecular weight is 290 g/mol. The molecule has 1 aliphatic heterocycles. The molecule has 2 heterocycles. The van der Waals surface area contributed by atoms with E-state index < -0.39 is 19.1 Å². The fraction of sp³-hybridized carbons (Fsp3) is 0.364. The molecule has 0 N–H and O–H groups in total. The van der Waals surface area contributed by atoms with Gasteiger partial charge in [-0.15, -0.1) is 0 Å². The normalized spacial score (nSPS) is 14.5. The van der Waals surface area contributed by atoms with E-state index in [9.17, 15) is 13.6 Å². The van der Waals surface area contributed by atoms with Crippen LogP contribution in [0.4, 0.5) is 13.6 Å². The minimum absolute atomic E-state index is 0.0977.